The molecule has 1 saturated heterocycles. The van der Waals surface area contributed by atoms with Gasteiger partial charge >= 0.3 is 0 Å². The summed E-state index contributed by atoms with van der Waals surface area (Å²) in [6.07, 6.45) is 1.72. The van der Waals surface area contributed by atoms with Crippen LogP contribution >= 0.6 is 11.8 Å². The van der Waals surface area contributed by atoms with Crippen molar-refractivity contribution in [2.45, 2.75) is 0 Å². The van der Waals surface area contributed by atoms with Crippen molar-refractivity contribution in [2.75, 3.05) is 7.11 Å². The van der Waals surface area contributed by atoms with Gasteiger partial charge in [0.2, 0.25) is 0 Å². The van der Waals surface area contributed by atoms with Gasteiger partial charge in [0, 0.05) is 5.56 Å². The fourth-order valence-corrected chi connectivity index (χ4v) is 2.88. The number of hydrogen-bond donors (Lipinski definition) is 1. The van der Waals surface area contributed by atoms with Crippen LogP contribution in [0.3, 0.4) is 0 Å². The maximum Gasteiger partial charge on any atom is 0.264 e. The highest BCUT2D eigenvalue weighted by molar-refractivity contribution is 8.18. The van der Waals surface area contributed by atoms with E-state index in [1.54, 1.807) is 31.4 Å². The van der Waals surface area contributed by atoms with E-state index in [1.165, 1.54) is 6.07 Å². The number of carbonyl (C=O) groups is 1. The summed E-state index contributed by atoms with van der Waals surface area (Å²) in [6.45, 7) is 0. The van der Waals surface area contributed by atoms with Gasteiger partial charge in [-0.3, -0.25) is 4.79 Å². The zero-order valence-corrected chi connectivity index (χ0v) is 13.1. The molecular formula is C17H13FN2O2S. The van der Waals surface area contributed by atoms with Crippen LogP contribution in [0.5, 0.6) is 5.75 Å². The number of hydrogen-bond acceptors (Lipinski definition) is 4. The van der Waals surface area contributed by atoms with Gasteiger partial charge in [-0.15, -0.1) is 0 Å². The fourth-order valence-electron chi connectivity index (χ4n) is 2.06. The number of benzene rings is 2. The van der Waals surface area contributed by atoms with Gasteiger partial charge in [-0.2, -0.15) is 0 Å². The summed E-state index contributed by atoms with van der Waals surface area (Å²) in [6, 6.07) is 13.5. The molecule has 1 amide bonds. The quantitative estimate of drug-likeness (QED) is 0.874. The molecule has 116 valence electrons. The molecule has 1 N–H and O–H groups in total. The van der Waals surface area contributed by atoms with Crippen LogP contribution in [-0.2, 0) is 4.79 Å². The Morgan fingerprint density at radius 1 is 1.17 bits per heavy atom. The Kier molecular flexibility index (Phi) is 4.43. The van der Waals surface area contributed by atoms with Crippen molar-refractivity contribution in [2.24, 2.45) is 4.99 Å². The summed E-state index contributed by atoms with van der Waals surface area (Å²) < 4.78 is 18.9. The number of nitrogens with one attached hydrogen (secondary N) is 1. The maximum absolute atomic E-state index is 13.6. The molecule has 23 heavy (non-hydrogen) atoms. The Labute approximate surface area is 137 Å². The van der Waals surface area contributed by atoms with Crippen molar-refractivity contribution < 1.29 is 13.9 Å². The standard InChI is InChI=1S/C17H13FN2O2S/c1-22-14-9-5-2-6-11(14)10-15-16(21)20-17(23-15)19-13-8-4-3-7-12(13)18/h2-10H,1H3,(H,19,20,21). The molecule has 0 saturated carbocycles. The Hall–Kier alpha value is -2.60. The second-order valence-corrected chi connectivity index (χ2v) is 5.71. The average Bonchev–Trinajstić information content (AvgIpc) is 2.90. The molecule has 4 nitrogen and oxygen atoms in total. The monoisotopic (exact) mass is 328 g/mol. The molecule has 0 spiro atoms. The third-order valence-corrected chi connectivity index (χ3v) is 4.06. The van der Waals surface area contributed by atoms with Crippen LogP contribution in [0, 0.1) is 5.82 Å². The Balaban J connectivity index is 1.88. The molecule has 0 unspecified atom stereocenters. The van der Waals surface area contributed by atoms with E-state index in [-0.39, 0.29) is 11.6 Å². The molecule has 1 heterocycles. The number of halogens is 1. The Morgan fingerprint density at radius 2 is 1.91 bits per heavy atom. The molecular weight excluding hydrogens is 315 g/mol. The number of rotatable bonds is 3. The molecule has 0 bridgehead atoms. The molecule has 3 rings (SSSR count). The second-order valence-electron chi connectivity index (χ2n) is 4.68. The molecule has 0 atom stereocenters. The van der Waals surface area contributed by atoms with Crippen molar-refractivity contribution in [1.82, 2.24) is 5.32 Å². The molecule has 0 aliphatic carbocycles. The number of amidine groups is 1. The Bertz CT molecular complexity index is 818. The number of methoxy groups -OCH3 is 1. The number of aliphatic imine (C=N–C) groups is 1. The zero-order chi connectivity index (χ0) is 16.2. The van der Waals surface area contributed by atoms with E-state index >= 15 is 0 Å². The Morgan fingerprint density at radius 3 is 2.70 bits per heavy atom. The minimum absolute atomic E-state index is 0.189. The van der Waals surface area contributed by atoms with Crippen LogP contribution in [0.25, 0.3) is 6.08 Å². The van der Waals surface area contributed by atoms with Gasteiger partial charge in [0.25, 0.3) is 5.91 Å². The summed E-state index contributed by atoms with van der Waals surface area (Å²) in [5.74, 6) is -0.0269. The van der Waals surface area contributed by atoms with Crippen LogP contribution in [-0.4, -0.2) is 18.2 Å². The minimum Gasteiger partial charge on any atom is -0.496 e. The molecule has 0 radical (unpaired) electrons. The third kappa shape index (κ3) is 3.43. The number of para-hydroxylation sites is 2. The first-order valence-electron chi connectivity index (χ1n) is 6.84. The topological polar surface area (TPSA) is 50.7 Å². The van der Waals surface area contributed by atoms with Gasteiger partial charge in [0.05, 0.1) is 12.0 Å². The normalized spacial score (nSPS) is 17.6. The zero-order valence-electron chi connectivity index (χ0n) is 12.2. The van der Waals surface area contributed by atoms with Crippen LogP contribution in [0.15, 0.2) is 58.4 Å². The number of thioether (sulfide) groups is 1. The summed E-state index contributed by atoms with van der Waals surface area (Å²) >= 11 is 1.16. The van der Waals surface area contributed by atoms with E-state index in [4.69, 9.17) is 4.74 Å². The SMILES string of the molecule is COc1ccccc1C=C1SC(=Nc2ccccc2F)NC1=O. The highest BCUT2D eigenvalue weighted by Gasteiger charge is 2.24. The van der Waals surface area contributed by atoms with Crippen molar-refractivity contribution in [3.63, 3.8) is 0 Å². The van der Waals surface area contributed by atoms with Gasteiger partial charge in [-0.1, -0.05) is 30.3 Å². The van der Waals surface area contributed by atoms with Crippen molar-refractivity contribution in [3.8, 4) is 5.75 Å². The van der Waals surface area contributed by atoms with E-state index < -0.39 is 5.82 Å². The van der Waals surface area contributed by atoms with Crippen LogP contribution in [0.2, 0.25) is 0 Å². The van der Waals surface area contributed by atoms with E-state index in [0.29, 0.717) is 15.8 Å². The minimum atomic E-state index is -0.433. The molecule has 1 aliphatic heterocycles. The number of ether oxygens (including phenoxy) is 1. The van der Waals surface area contributed by atoms with E-state index in [0.717, 1.165) is 17.3 Å². The summed E-state index contributed by atoms with van der Waals surface area (Å²) in [5, 5.41) is 2.98. The van der Waals surface area contributed by atoms with E-state index in [1.807, 2.05) is 24.3 Å². The average molecular weight is 328 g/mol. The predicted molar refractivity (Wildman–Crippen MR) is 90.2 cm³/mol. The fraction of sp³-hybridized carbons (Fsp3) is 0.0588. The lowest BCUT2D eigenvalue weighted by Gasteiger charge is -2.03. The van der Waals surface area contributed by atoms with Gasteiger partial charge < -0.3 is 10.1 Å². The van der Waals surface area contributed by atoms with Crippen molar-refractivity contribution >= 4 is 34.6 Å². The molecule has 0 aromatic heterocycles. The molecule has 2 aromatic carbocycles. The van der Waals surface area contributed by atoms with Crippen LogP contribution in [0.4, 0.5) is 10.1 Å². The first kappa shape index (κ1) is 15.3. The summed E-state index contributed by atoms with van der Waals surface area (Å²) in [7, 11) is 1.57. The third-order valence-electron chi connectivity index (χ3n) is 3.15. The summed E-state index contributed by atoms with van der Waals surface area (Å²) in [5.41, 5.74) is 0.980. The lowest BCUT2D eigenvalue weighted by molar-refractivity contribution is -0.115. The maximum atomic E-state index is 13.6. The first-order chi connectivity index (χ1) is 11.2. The van der Waals surface area contributed by atoms with Gasteiger partial charge in [0.15, 0.2) is 5.17 Å². The smallest absolute Gasteiger partial charge is 0.264 e. The van der Waals surface area contributed by atoms with E-state index in [9.17, 15) is 9.18 Å². The van der Waals surface area contributed by atoms with E-state index in [2.05, 4.69) is 10.3 Å². The number of amides is 1. The van der Waals surface area contributed by atoms with Crippen LogP contribution < -0.4 is 10.1 Å². The van der Waals surface area contributed by atoms with Gasteiger partial charge in [0.1, 0.15) is 17.3 Å². The molecule has 1 fully saturated rings. The highest BCUT2D eigenvalue weighted by Crippen LogP contribution is 2.30. The lowest BCUT2D eigenvalue weighted by atomic mass is 10.2. The van der Waals surface area contributed by atoms with Gasteiger partial charge in [-0.05, 0) is 36.0 Å². The van der Waals surface area contributed by atoms with Gasteiger partial charge in [-0.25, -0.2) is 9.38 Å². The lowest BCUT2D eigenvalue weighted by Crippen LogP contribution is -2.19. The first-order valence-corrected chi connectivity index (χ1v) is 7.66. The second kappa shape index (κ2) is 6.66. The highest BCUT2D eigenvalue weighted by atomic mass is 32.2. The van der Waals surface area contributed by atoms with Crippen molar-refractivity contribution in [1.29, 1.82) is 0 Å². The number of carbonyl (C=O) groups excluding carboxylic acids is 1. The largest absolute Gasteiger partial charge is 0.496 e. The molecule has 6 heteroatoms. The van der Waals surface area contributed by atoms with Crippen LogP contribution in [0.1, 0.15) is 5.56 Å². The number of nitrogens with zero attached hydrogens (tertiary/aromatic N) is 1. The summed E-state index contributed by atoms with van der Waals surface area (Å²) in [4.78, 5) is 16.7. The van der Waals surface area contributed by atoms with Crippen molar-refractivity contribution in [3.05, 3.63) is 64.8 Å². The predicted octanol–water partition coefficient (Wildman–Crippen LogP) is 3.73. The molecule has 1 aliphatic rings. The molecule has 2 aromatic rings.